The van der Waals surface area contributed by atoms with Crippen LogP contribution in [0, 0.1) is 0 Å². The Morgan fingerprint density at radius 1 is 1.04 bits per heavy atom. The zero-order chi connectivity index (χ0) is 17.7. The SMILES string of the molecule is CCOc1ccc(S(=O)(=O)N2CCCC(Oc3ccccc3)C2)cc1. The van der Waals surface area contributed by atoms with Gasteiger partial charge in [0.1, 0.15) is 17.6 Å². The number of nitrogens with zero attached hydrogens (tertiary/aromatic N) is 1. The molecule has 1 atom stereocenters. The fourth-order valence-corrected chi connectivity index (χ4v) is 4.44. The van der Waals surface area contributed by atoms with Crippen LogP contribution in [0.2, 0.25) is 0 Å². The molecule has 0 spiro atoms. The Morgan fingerprint density at radius 3 is 2.44 bits per heavy atom. The summed E-state index contributed by atoms with van der Waals surface area (Å²) in [5.74, 6) is 1.44. The van der Waals surface area contributed by atoms with Crippen LogP contribution < -0.4 is 9.47 Å². The topological polar surface area (TPSA) is 55.8 Å². The van der Waals surface area contributed by atoms with Crippen LogP contribution in [0.15, 0.2) is 59.5 Å². The van der Waals surface area contributed by atoms with E-state index in [0.29, 0.717) is 25.4 Å². The molecule has 0 saturated carbocycles. The van der Waals surface area contributed by atoms with E-state index >= 15 is 0 Å². The van der Waals surface area contributed by atoms with Gasteiger partial charge in [-0.2, -0.15) is 4.31 Å². The number of hydrogen-bond acceptors (Lipinski definition) is 4. The normalized spacial score (nSPS) is 18.7. The fraction of sp³-hybridized carbons (Fsp3) is 0.368. The largest absolute Gasteiger partial charge is 0.494 e. The van der Waals surface area contributed by atoms with Gasteiger partial charge in [0.15, 0.2) is 0 Å². The lowest BCUT2D eigenvalue weighted by Gasteiger charge is -2.32. The lowest BCUT2D eigenvalue weighted by atomic mass is 10.1. The molecular formula is C19H23NO4S. The Morgan fingerprint density at radius 2 is 1.76 bits per heavy atom. The average Bonchev–Trinajstić information content (AvgIpc) is 2.64. The molecule has 1 heterocycles. The molecule has 1 aliphatic heterocycles. The van der Waals surface area contributed by atoms with Crippen LogP contribution in [0.4, 0.5) is 0 Å². The molecule has 2 aromatic rings. The van der Waals surface area contributed by atoms with Crippen molar-refractivity contribution in [2.24, 2.45) is 0 Å². The second-order valence-corrected chi connectivity index (χ2v) is 7.90. The number of rotatable bonds is 6. The van der Waals surface area contributed by atoms with Gasteiger partial charge >= 0.3 is 0 Å². The highest BCUT2D eigenvalue weighted by molar-refractivity contribution is 7.89. The molecule has 0 aliphatic carbocycles. The number of piperidine rings is 1. The third-order valence-corrected chi connectivity index (χ3v) is 6.04. The molecule has 6 heteroatoms. The molecule has 1 aliphatic rings. The van der Waals surface area contributed by atoms with Crippen molar-refractivity contribution in [2.45, 2.75) is 30.8 Å². The van der Waals surface area contributed by atoms with Crippen LogP contribution in [0.1, 0.15) is 19.8 Å². The molecule has 0 radical (unpaired) electrons. The predicted molar refractivity (Wildman–Crippen MR) is 96.5 cm³/mol. The lowest BCUT2D eigenvalue weighted by molar-refractivity contribution is 0.130. The highest BCUT2D eigenvalue weighted by atomic mass is 32.2. The van der Waals surface area contributed by atoms with E-state index in [1.165, 1.54) is 4.31 Å². The van der Waals surface area contributed by atoms with Crippen molar-refractivity contribution >= 4 is 10.0 Å². The maximum Gasteiger partial charge on any atom is 0.243 e. The molecular weight excluding hydrogens is 338 g/mol. The van der Waals surface area contributed by atoms with Gasteiger partial charge in [0.05, 0.1) is 18.0 Å². The first-order chi connectivity index (χ1) is 12.1. The Bertz CT molecular complexity index is 775. The van der Waals surface area contributed by atoms with Gasteiger partial charge in [-0.3, -0.25) is 0 Å². The van der Waals surface area contributed by atoms with Crippen molar-refractivity contribution in [3.8, 4) is 11.5 Å². The van der Waals surface area contributed by atoms with Gasteiger partial charge in [-0.15, -0.1) is 0 Å². The monoisotopic (exact) mass is 361 g/mol. The minimum absolute atomic E-state index is 0.131. The number of sulfonamides is 1. The van der Waals surface area contributed by atoms with E-state index < -0.39 is 10.0 Å². The smallest absolute Gasteiger partial charge is 0.243 e. The molecule has 0 aromatic heterocycles. The first kappa shape index (κ1) is 17.8. The summed E-state index contributed by atoms with van der Waals surface area (Å²) in [5, 5.41) is 0. The molecule has 1 saturated heterocycles. The van der Waals surface area contributed by atoms with Crippen molar-refractivity contribution in [3.63, 3.8) is 0 Å². The summed E-state index contributed by atoms with van der Waals surface area (Å²) in [5.41, 5.74) is 0. The molecule has 2 aromatic carbocycles. The summed E-state index contributed by atoms with van der Waals surface area (Å²) < 4.78 is 38.6. The second-order valence-electron chi connectivity index (χ2n) is 5.96. The highest BCUT2D eigenvalue weighted by Crippen LogP contribution is 2.25. The summed E-state index contributed by atoms with van der Waals surface area (Å²) in [6, 6.07) is 16.1. The van der Waals surface area contributed by atoms with Crippen LogP contribution in [-0.2, 0) is 10.0 Å². The molecule has 1 fully saturated rings. The highest BCUT2D eigenvalue weighted by Gasteiger charge is 2.31. The van der Waals surface area contributed by atoms with E-state index in [4.69, 9.17) is 9.47 Å². The molecule has 3 rings (SSSR count). The standard InChI is InChI=1S/C19H23NO4S/c1-2-23-16-10-12-19(13-11-16)25(21,22)20-14-6-9-18(15-20)24-17-7-4-3-5-8-17/h3-5,7-8,10-13,18H,2,6,9,14-15H2,1H3. The van der Waals surface area contributed by atoms with Gasteiger partial charge in [-0.05, 0) is 56.2 Å². The van der Waals surface area contributed by atoms with Crippen molar-refractivity contribution in [1.82, 2.24) is 4.31 Å². The summed E-state index contributed by atoms with van der Waals surface area (Å²) in [6.07, 6.45) is 1.51. The lowest BCUT2D eigenvalue weighted by Crippen LogP contribution is -2.44. The van der Waals surface area contributed by atoms with Crippen molar-refractivity contribution < 1.29 is 17.9 Å². The molecule has 0 N–H and O–H groups in total. The summed E-state index contributed by atoms with van der Waals surface area (Å²) >= 11 is 0. The minimum Gasteiger partial charge on any atom is -0.494 e. The van der Waals surface area contributed by atoms with E-state index in [-0.39, 0.29) is 11.0 Å². The Kier molecular flexibility index (Phi) is 5.60. The summed E-state index contributed by atoms with van der Waals surface area (Å²) in [6.45, 7) is 3.33. The summed E-state index contributed by atoms with van der Waals surface area (Å²) in [4.78, 5) is 0.288. The Hall–Kier alpha value is -2.05. The van der Waals surface area contributed by atoms with Gasteiger partial charge in [-0.1, -0.05) is 18.2 Å². The zero-order valence-electron chi connectivity index (χ0n) is 14.3. The number of benzene rings is 2. The van der Waals surface area contributed by atoms with E-state index in [9.17, 15) is 8.42 Å². The van der Waals surface area contributed by atoms with Crippen LogP contribution in [0.3, 0.4) is 0 Å². The molecule has 134 valence electrons. The van der Waals surface area contributed by atoms with Crippen LogP contribution in [0.5, 0.6) is 11.5 Å². The van der Waals surface area contributed by atoms with Crippen molar-refractivity contribution in [1.29, 1.82) is 0 Å². The molecule has 25 heavy (non-hydrogen) atoms. The molecule has 5 nitrogen and oxygen atoms in total. The third-order valence-electron chi connectivity index (χ3n) is 4.16. The third kappa shape index (κ3) is 4.32. The van der Waals surface area contributed by atoms with Crippen LogP contribution >= 0.6 is 0 Å². The molecule has 1 unspecified atom stereocenters. The van der Waals surface area contributed by atoms with Crippen LogP contribution in [-0.4, -0.2) is 38.5 Å². The Labute approximate surface area is 149 Å². The maximum absolute atomic E-state index is 12.9. The van der Waals surface area contributed by atoms with Gasteiger partial charge in [0.25, 0.3) is 0 Å². The first-order valence-electron chi connectivity index (χ1n) is 8.54. The van der Waals surface area contributed by atoms with E-state index in [1.807, 2.05) is 37.3 Å². The van der Waals surface area contributed by atoms with Gasteiger partial charge in [-0.25, -0.2) is 8.42 Å². The molecule has 0 amide bonds. The fourth-order valence-electron chi connectivity index (χ4n) is 2.93. The maximum atomic E-state index is 12.9. The van der Waals surface area contributed by atoms with Gasteiger partial charge in [0, 0.05) is 6.54 Å². The van der Waals surface area contributed by atoms with E-state index in [0.717, 1.165) is 18.6 Å². The van der Waals surface area contributed by atoms with Gasteiger partial charge < -0.3 is 9.47 Å². The number of hydrogen-bond donors (Lipinski definition) is 0. The molecule has 0 bridgehead atoms. The van der Waals surface area contributed by atoms with E-state index in [2.05, 4.69) is 0 Å². The first-order valence-corrected chi connectivity index (χ1v) is 9.98. The Balaban J connectivity index is 1.71. The van der Waals surface area contributed by atoms with Crippen molar-refractivity contribution in [2.75, 3.05) is 19.7 Å². The zero-order valence-corrected chi connectivity index (χ0v) is 15.1. The second kappa shape index (κ2) is 7.89. The summed E-state index contributed by atoms with van der Waals surface area (Å²) in [7, 11) is -3.52. The van der Waals surface area contributed by atoms with E-state index in [1.54, 1.807) is 24.3 Å². The van der Waals surface area contributed by atoms with Gasteiger partial charge in [0.2, 0.25) is 10.0 Å². The van der Waals surface area contributed by atoms with Crippen molar-refractivity contribution in [3.05, 3.63) is 54.6 Å². The quantitative estimate of drug-likeness (QED) is 0.792. The average molecular weight is 361 g/mol. The number of ether oxygens (including phenoxy) is 2. The number of para-hydroxylation sites is 1. The van der Waals surface area contributed by atoms with Crippen LogP contribution in [0.25, 0.3) is 0 Å². The minimum atomic E-state index is -3.52. The predicted octanol–water partition coefficient (Wildman–Crippen LogP) is 3.32.